The molecule has 1 aromatic rings. The van der Waals surface area contributed by atoms with Gasteiger partial charge in [-0.05, 0) is 70.8 Å². The molecule has 0 saturated carbocycles. The lowest BCUT2D eigenvalue weighted by Crippen LogP contribution is -2.43. The Hall–Kier alpha value is -1.22. The Morgan fingerprint density at radius 1 is 1.33 bits per heavy atom. The number of aryl methyl sites for hydroxylation is 1. The van der Waals surface area contributed by atoms with E-state index < -0.39 is 0 Å². The van der Waals surface area contributed by atoms with Gasteiger partial charge in [-0.25, -0.2) is 0 Å². The van der Waals surface area contributed by atoms with Crippen molar-refractivity contribution in [1.29, 1.82) is 0 Å². The van der Waals surface area contributed by atoms with E-state index in [1.807, 2.05) is 12.3 Å². The Bertz CT molecular complexity index is 436. The second-order valence-electron chi connectivity index (χ2n) is 6.35. The maximum Gasteiger partial charge on any atom is 0.136 e. The van der Waals surface area contributed by atoms with E-state index in [4.69, 9.17) is 0 Å². The molecule has 3 nitrogen and oxygen atoms in total. The van der Waals surface area contributed by atoms with E-state index in [1.165, 1.54) is 5.69 Å². The van der Waals surface area contributed by atoms with Crippen molar-refractivity contribution in [3.05, 3.63) is 30.1 Å². The number of hydrogen-bond acceptors (Lipinski definition) is 3. The average Bonchev–Trinajstić information content (AvgIpc) is 2.50. The zero-order valence-electron chi connectivity index (χ0n) is 13.5. The number of carbonyl (C=O) groups excluding carboxylic acids is 1. The summed E-state index contributed by atoms with van der Waals surface area (Å²) >= 11 is 0. The van der Waals surface area contributed by atoms with Gasteiger partial charge in [0.25, 0.3) is 0 Å². The van der Waals surface area contributed by atoms with Crippen LogP contribution in [0.3, 0.4) is 0 Å². The van der Waals surface area contributed by atoms with E-state index in [0.717, 1.165) is 58.2 Å². The molecule has 1 aliphatic rings. The first-order chi connectivity index (χ1) is 10.2. The molecule has 2 rings (SSSR count). The highest BCUT2D eigenvalue weighted by Crippen LogP contribution is 2.37. The topological polar surface area (TPSA) is 33.2 Å². The molecule has 1 aliphatic heterocycles. The van der Waals surface area contributed by atoms with Crippen LogP contribution in [0, 0.1) is 5.41 Å². The smallest absolute Gasteiger partial charge is 0.136 e. The molecule has 0 unspecified atom stereocenters. The third-order valence-electron chi connectivity index (χ3n) is 4.92. The van der Waals surface area contributed by atoms with Gasteiger partial charge in [0.2, 0.25) is 0 Å². The van der Waals surface area contributed by atoms with Gasteiger partial charge in [-0.15, -0.1) is 0 Å². The number of aromatic nitrogens is 1. The first-order valence-corrected chi connectivity index (χ1v) is 8.29. The fourth-order valence-corrected chi connectivity index (χ4v) is 3.49. The van der Waals surface area contributed by atoms with Gasteiger partial charge >= 0.3 is 0 Å². The third kappa shape index (κ3) is 4.37. The number of likely N-dealkylation sites (tertiary alicyclic amines) is 1. The van der Waals surface area contributed by atoms with Crippen LogP contribution < -0.4 is 0 Å². The maximum atomic E-state index is 12.0. The molecule has 0 spiro atoms. The number of Topliss-reactive ketones (excluding diaryl/α,β-unsaturated/α-hetero) is 1. The fourth-order valence-electron chi connectivity index (χ4n) is 3.49. The largest absolute Gasteiger partial charge is 0.303 e. The minimum absolute atomic E-state index is 0.0216. The molecular formula is C18H28N2O. The molecule has 0 aliphatic carbocycles. The van der Waals surface area contributed by atoms with E-state index >= 15 is 0 Å². The van der Waals surface area contributed by atoms with Crippen molar-refractivity contribution in [2.24, 2.45) is 5.41 Å². The van der Waals surface area contributed by atoms with E-state index in [9.17, 15) is 4.79 Å². The van der Waals surface area contributed by atoms with Gasteiger partial charge in [0.15, 0.2) is 0 Å². The zero-order chi connectivity index (χ0) is 15.1. The second-order valence-corrected chi connectivity index (χ2v) is 6.35. The number of rotatable bonds is 7. The minimum atomic E-state index is -0.0216. The standard InChI is InChI=1S/C18H28N2O/c1-3-9-18(16(2)21)10-14-20(15-11-18)13-6-8-17-7-4-5-12-19-17/h4-5,7,12H,3,6,8-11,13-15H2,1-2H3. The monoisotopic (exact) mass is 288 g/mol. The van der Waals surface area contributed by atoms with Crippen molar-refractivity contribution in [3.63, 3.8) is 0 Å². The summed E-state index contributed by atoms with van der Waals surface area (Å²) < 4.78 is 0. The van der Waals surface area contributed by atoms with Gasteiger partial charge < -0.3 is 4.90 Å². The fraction of sp³-hybridized carbons (Fsp3) is 0.667. The van der Waals surface area contributed by atoms with Gasteiger partial charge in [-0.3, -0.25) is 9.78 Å². The van der Waals surface area contributed by atoms with Crippen LogP contribution in [0.2, 0.25) is 0 Å². The summed E-state index contributed by atoms with van der Waals surface area (Å²) in [4.78, 5) is 18.9. The van der Waals surface area contributed by atoms with Crippen molar-refractivity contribution in [2.75, 3.05) is 19.6 Å². The van der Waals surface area contributed by atoms with Crippen molar-refractivity contribution in [3.8, 4) is 0 Å². The van der Waals surface area contributed by atoms with Crippen LogP contribution in [0.15, 0.2) is 24.4 Å². The zero-order valence-corrected chi connectivity index (χ0v) is 13.5. The van der Waals surface area contributed by atoms with Gasteiger partial charge in [-0.2, -0.15) is 0 Å². The summed E-state index contributed by atoms with van der Waals surface area (Å²) in [5.74, 6) is 0.400. The highest BCUT2D eigenvalue weighted by molar-refractivity contribution is 5.82. The highest BCUT2D eigenvalue weighted by Gasteiger charge is 2.37. The summed E-state index contributed by atoms with van der Waals surface area (Å²) in [6.45, 7) is 7.23. The number of hydrogen-bond donors (Lipinski definition) is 0. The number of pyridine rings is 1. The first-order valence-electron chi connectivity index (χ1n) is 8.29. The van der Waals surface area contributed by atoms with E-state index in [-0.39, 0.29) is 5.41 Å². The summed E-state index contributed by atoms with van der Waals surface area (Å²) in [6.07, 6.45) is 8.31. The predicted octanol–water partition coefficient (Wildman–Crippen LogP) is 3.49. The molecule has 21 heavy (non-hydrogen) atoms. The SMILES string of the molecule is CCCC1(C(C)=O)CCN(CCCc2ccccn2)CC1. The highest BCUT2D eigenvalue weighted by atomic mass is 16.1. The summed E-state index contributed by atoms with van der Waals surface area (Å²) in [6, 6.07) is 6.11. The Kier molecular flexibility index (Phi) is 5.92. The molecule has 0 atom stereocenters. The van der Waals surface area contributed by atoms with Crippen molar-refractivity contribution in [2.45, 2.75) is 52.4 Å². The normalized spacial score (nSPS) is 18.6. The van der Waals surface area contributed by atoms with Crippen LogP contribution >= 0.6 is 0 Å². The maximum absolute atomic E-state index is 12.0. The van der Waals surface area contributed by atoms with Gasteiger partial charge in [0.05, 0.1) is 0 Å². The lowest BCUT2D eigenvalue weighted by molar-refractivity contribution is -0.129. The third-order valence-corrected chi connectivity index (χ3v) is 4.92. The van der Waals surface area contributed by atoms with E-state index in [2.05, 4.69) is 28.9 Å². The predicted molar refractivity (Wildman–Crippen MR) is 86.3 cm³/mol. The number of carbonyl (C=O) groups is 1. The van der Waals surface area contributed by atoms with Crippen molar-refractivity contribution < 1.29 is 4.79 Å². The van der Waals surface area contributed by atoms with Crippen LogP contribution in [-0.4, -0.2) is 35.3 Å². The average molecular weight is 288 g/mol. The summed E-state index contributed by atoms with van der Waals surface area (Å²) in [7, 11) is 0. The molecule has 1 saturated heterocycles. The second kappa shape index (κ2) is 7.69. The molecule has 0 aromatic carbocycles. The Morgan fingerprint density at radius 2 is 2.10 bits per heavy atom. The Morgan fingerprint density at radius 3 is 2.67 bits per heavy atom. The van der Waals surface area contributed by atoms with Crippen LogP contribution in [0.4, 0.5) is 0 Å². The van der Waals surface area contributed by atoms with Crippen LogP contribution in [0.1, 0.15) is 51.6 Å². The van der Waals surface area contributed by atoms with Gasteiger partial charge in [0.1, 0.15) is 5.78 Å². The van der Waals surface area contributed by atoms with Crippen molar-refractivity contribution in [1.82, 2.24) is 9.88 Å². The van der Waals surface area contributed by atoms with Crippen molar-refractivity contribution >= 4 is 5.78 Å². The van der Waals surface area contributed by atoms with Crippen LogP contribution in [0.25, 0.3) is 0 Å². The quantitative estimate of drug-likeness (QED) is 0.770. The van der Waals surface area contributed by atoms with E-state index in [0.29, 0.717) is 5.78 Å². The number of nitrogens with zero attached hydrogens (tertiary/aromatic N) is 2. The summed E-state index contributed by atoms with van der Waals surface area (Å²) in [5, 5.41) is 0. The molecule has 116 valence electrons. The Labute approximate surface area is 128 Å². The minimum Gasteiger partial charge on any atom is -0.303 e. The molecule has 1 aromatic heterocycles. The number of ketones is 1. The lowest BCUT2D eigenvalue weighted by Gasteiger charge is -2.40. The van der Waals surface area contributed by atoms with Gasteiger partial charge in [0, 0.05) is 17.3 Å². The molecule has 1 fully saturated rings. The molecule has 0 amide bonds. The molecule has 0 N–H and O–H groups in total. The van der Waals surface area contributed by atoms with Gasteiger partial charge in [-0.1, -0.05) is 19.4 Å². The molecule has 0 bridgehead atoms. The first kappa shape index (κ1) is 16.2. The Balaban J connectivity index is 1.75. The molecule has 3 heteroatoms. The van der Waals surface area contributed by atoms with Crippen LogP contribution in [0.5, 0.6) is 0 Å². The molecular weight excluding hydrogens is 260 g/mol. The van der Waals surface area contributed by atoms with Crippen LogP contribution in [-0.2, 0) is 11.2 Å². The number of piperidine rings is 1. The lowest BCUT2D eigenvalue weighted by atomic mass is 9.72. The molecule has 2 heterocycles. The van der Waals surface area contributed by atoms with E-state index in [1.54, 1.807) is 6.92 Å². The molecule has 0 radical (unpaired) electrons. The summed E-state index contributed by atoms with van der Waals surface area (Å²) in [5.41, 5.74) is 1.16.